The molecule has 154 valence electrons. The summed E-state index contributed by atoms with van der Waals surface area (Å²) in [7, 11) is 3.52. The quantitative estimate of drug-likeness (QED) is 0.777. The van der Waals surface area contributed by atoms with Gasteiger partial charge in [-0.3, -0.25) is 14.7 Å². The second-order valence-electron chi connectivity index (χ2n) is 8.26. The maximum absolute atomic E-state index is 12.0. The minimum atomic E-state index is -0.00276. The zero-order chi connectivity index (χ0) is 20.2. The zero-order valence-corrected chi connectivity index (χ0v) is 17.4. The van der Waals surface area contributed by atoms with Crippen molar-refractivity contribution in [3.63, 3.8) is 0 Å². The number of amides is 1. The lowest BCUT2D eigenvalue weighted by Crippen LogP contribution is -2.33. The number of hydrogen-bond donors (Lipinski definition) is 0. The number of carbonyl (C=O) groups is 1. The van der Waals surface area contributed by atoms with Crippen LogP contribution in [0.4, 0.5) is 5.95 Å². The second-order valence-corrected chi connectivity index (χ2v) is 8.26. The summed E-state index contributed by atoms with van der Waals surface area (Å²) in [6.07, 6.45) is 8.24. The Labute approximate surface area is 172 Å². The van der Waals surface area contributed by atoms with E-state index < -0.39 is 0 Å². The fourth-order valence-electron chi connectivity index (χ4n) is 4.19. The van der Waals surface area contributed by atoms with Crippen LogP contribution in [0.2, 0.25) is 0 Å². The van der Waals surface area contributed by atoms with Crippen LogP contribution in [0.3, 0.4) is 0 Å². The zero-order valence-electron chi connectivity index (χ0n) is 17.4. The van der Waals surface area contributed by atoms with Crippen molar-refractivity contribution in [3.8, 4) is 0 Å². The number of carbonyl (C=O) groups excluding carboxylic acids is 1. The molecule has 0 spiro atoms. The third kappa shape index (κ3) is 4.72. The SMILES string of the molecule is CN(C)C(=O)c1ccc(C2CCN(Cc3ccnc(N4CCCC4)n3)CC2)nc1. The highest BCUT2D eigenvalue weighted by Crippen LogP contribution is 2.27. The largest absolute Gasteiger partial charge is 0.345 e. The Kier molecular flexibility index (Phi) is 6.04. The number of rotatable bonds is 5. The molecule has 0 aliphatic carbocycles. The van der Waals surface area contributed by atoms with Gasteiger partial charge in [-0.1, -0.05) is 0 Å². The third-order valence-electron chi connectivity index (χ3n) is 5.92. The molecule has 0 radical (unpaired) electrons. The summed E-state index contributed by atoms with van der Waals surface area (Å²) in [5.74, 6) is 1.34. The molecule has 0 atom stereocenters. The Morgan fingerprint density at radius 3 is 2.48 bits per heavy atom. The van der Waals surface area contributed by atoms with E-state index in [4.69, 9.17) is 4.98 Å². The van der Waals surface area contributed by atoms with Gasteiger partial charge in [-0.2, -0.15) is 0 Å². The Hall–Kier alpha value is -2.54. The fraction of sp³-hybridized carbons (Fsp3) is 0.545. The molecular weight excluding hydrogens is 364 g/mol. The van der Waals surface area contributed by atoms with Gasteiger partial charge in [0.05, 0.1) is 11.3 Å². The monoisotopic (exact) mass is 394 g/mol. The molecule has 2 saturated heterocycles. The van der Waals surface area contributed by atoms with Crippen LogP contribution in [-0.4, -0.2) is 70.9 Å². The molecule has 7 heteroatoms. The van der Waals surface area contributed by atoms with E-state index in [0.29, 0.717) is 11.5 Å². The third-order valence-corrected chi connectivity index (χ3v) is 5.92. The van der Waals surface area contributed by atoms with Crippen LogP contribution in [-0.2, 0) is 6.54 Å². The number of piperidine rings is 1. The first-order valence-corrected chi connectivity index (χ1v) is 10.6. The predicted molar refractivity (Wildman–Crippen MR) is 113 cm³/mol. The average Bonchev–Trinajstić information content (AvgIpc) is 3.29. The highest BCUT2D eigenvalue weighted by Gasteiger charge is 2.23. The molecule has 2 fully saturated rings. The van der Waals surface area contributed by atoms with E-state index in [9.17, 15) is 4.79 Å². The van der Waals surface area contributed by atoms with Crippen LogP contribution in [0.25, 0.3) is 0 Å². The smallest absolute Gasteiger partial charge is 0.254 e. The molecule has 0 unspecified atom stereocenters. The van der Waals surface area contributed by atoms with Crippen LogP contribution in [0.5, 0.6) is 0 Å². The van der Waals surface area contributed by atoms with Gasteiger partial charge in [0.25, 0.3) is 5.91 Å². The van der Waals surface area contributed by atoms with E-state index in [1.165, 1.54) is 12.8 Å². The van der Waals surface area contributed by atoms with Gasteiger partial charge in [0.2, 0.25) is 5.95 Å². The molecule has 4 rings (SSSR count). The lowest BCUT2D eigenvalue weighted by atomic mass is 9.92. The summed E-state index contributed by atoms with van der Waals surface area (Å²) >= 11 is 0. The van der Waals surface area contributed by atoms with E-state index >= 15 is 0 Å². The summed E-state index contributed by atoms with van der Waals surface area (Å²) in [6, 6.07) is 5.95. The average molecular weight is 395 g/mol. The van der Waals surface area contributed by atoms with Crippen molar-refractivity contribution < 1.29 is 4.79 Å². The molecule has 29 heavy (non-hydrogen) atoms. The predicted octanol–water partition coefficient (Wildman–Crippen LogP) is 2.55. The minimum absolute atomic E-state index is 0.00276. The first kappa shape index (κ1) is 19.8. The van der Waals surface area contributed by atoms with Gasteiger partial charge in [0, 0.05) is 57.7 Å². The summed E-state index contributed by atoms with van der Waals surface area (Å²) in [6.45, 7) is 5.09. The molecule has 0 saturated carbocycles. The number of nitrogens with zero attached hydrogens (tertiary/aromatic N) is 6. The van der Waals surface area contributed by atoms with Gasteiger partial charge in [-0.15, -0.1) is 0 Å². The van der Waals surface area contributed by atoms with Gasteiger partial charge in [0.15, 0.2) is 0 Å². The minimum Gasteiger partial charge on any atom is -0.345 e. The lowest BCUT2D eigenvalue weighted by Gasteiger charge is -2.31. The summed E-state index contributed by atoms with van der Waals surface area (Å²) < 4.78 is 0. The standard InChI is InChI=1S/C22H30N6O/c1-26(2)21(29)18-5-6-20(24-15-18)17-8-13-27(14-9-17)16-19-7-10-23-22(25-19)28-11-3-4-12-28/h5-7,10,15,17H,3-4,8-9,11-14,16H2,1-2H3. The Morgan fingerprint density at radius 1 is 1.07 bits per heavy atom. The van der Waals surface area contributed by atoms with E-state index in [0.717, 1.165) is 62.9 Å². The molecule has 0 aromatic carbocycles. The van der Waals surface area contributed by atoms with Crippen LogP contribution >= 0.6 is 0 Å². The normalized spacial score (nSPS) is 18.2. The fourth-order valence-corrected chi connectivity index (χ4v) is 4.19. The van der Waals surface area contributed by atoms with Crippen molar-refractivity contribution in [2.45, 2.75) is 38.1 Å². The number of hydrogen-bond acceptors (Lipinski definition) is 6. The Morgan fingerprint density at radius 2 is 1.83 bits per heavy atom. The lowest BCUT2D eigenvalue weighted by molar-refractivity contribution is 0.0827. The van der Waals surface area contributed by atoms with Crippen molar-refractivity contribution in [2.75, 3.05) is 45.2 Å². The van der Waals surface area contributed by atoms with E-state index in [1.807, 2.05) is 24.4 Å². The van der Waals surface area contributed by atoms with Crippen LogP contribution < -0.4 is 4.90 Å². The second kappa shape index (κ2) is 8.86. The molecule has 4 heterocycles. The van der Waals surface area contributed by atoms with E-state index in [1.54, 1.807) is 25.2 Å². The summed E-state index contributed by atoms with van der Waals surface area (Å²) in [5.41, 5.74) is 2.84. The number of pyridine rings is 1. The molecule has 2 aliphatic rings. The van der Waals surface area contributed by atoms with Crippen molar-refractivity contribution >= 4 is 11.9 Å². The van der Waals surface area contributed by atoms with Gasteiger partial charge in [-0.25, -0.2) is 9.97 Å². The first-order valence-electron chi connectivity index (χ1n) is 10.6. The van der Waals surface area contributed by atoms with Crippen molar-refractivity contribution in [3.05, 3.63) is 47.5 Å². The van der Waals surface area contributed by atoms with Gasteiger partial charge in [-0.05, 0) is 57.0 Å². The number of anilines is 1. The molecule has 2 aliphatic heterocycles. The maximum Gasteiger partial charge on any atom is 0.254 e. The van der Waals surface area contributed by atoms with Gasteiger partial charge in [0.1, 0.15) is 0 Å². The molecular formula is C22H30N6O. The first-order chi connectivity index (χ1) is 14.1. The molecule has 7 nitrogen and oxygen atoms in total. The molecule has 2 aromatic heterocycles. The molecule has 1 amide bonds. The van der Waals surface area contributed by atoms with Crippen molar-refractivity contribution in [1.82, 2.24) is 24.8 Å². The van der Waals surface area contributed by atoms with Crippen LogP contribution in [0.15, 0.2) is 30.6 Å². The van der Waals surface area contributed by atoms with Crippen molar-refractivity contribution in [1.29, 1.82) is 0 Å². The maximum atomic E-state index is 12.0. The summed E-state index contributed by atoms with van der Waals surface area (Å²) in [5, 5.41) is 0. The highest BCUT2D eigenvalue weighted by molar-refractivity contribution is 5.93. The Balaban J connectivity index is 1.31. The Bertz CT molecular complexity index is 823. The highest BCUT2D eigenvalue weighted by atomic mass is 16.2. The van der Waals surface area contributed by atoms with Gasteiger partial charge >= 0.3 is 0 Å². The molecule has 0 N–H and O–H groups in total. The van der Waals surface area contributed by atoms with Crippen LogP contribution in [0.1, 0.15) is 53.3 Å². The molecule has 0 bridgehead atoms. The van der Waals surface area contributed by atoms with E-state index in [2.05, 4.69) is 19.8 Å². The topological polar surface area (TPSA) is 65.5 Å². The van der Waals surface area contributed by atoms with Crippen molar-refractivity contribution in [2.24, 2.45) is 0 Å². The number of aromatic nitrogens is 3. The molecule has 2 aromatic rings. The number of likely N-dealkylation sites (tertiary alicyclic amines) is 1. The van der Waals surface area contributed by atoms with Crippen LogP contribution in [0, 0.1) is 0 Å². The van der Waals surface area contributed by atoms with Gasteiger partial charge < -0.3 is 9.80 Å². The van der Waals surface area contributed by atoms with E-state index in [-0.39, 0.29) is 5.91 Å². The summed E-state index contributed by atoms with van der Waals surface area (Å²) in [4.78, 5) is 32.2.